The lowest BCUT2D eigenvalue weighted by Gasteiger charge is -2.12. The molecule has 7 nitrogen and oxygen atoms in total. The molecule has 0 aliphatic carbocycles. The third kappa shape index (κ3) is 6.94. The fraction of sp³-hybridized carbons (Fsp3) is 0.222. The molecule has 180 valence electrons. The molecule has 1 amide bonds. The summed E-state index contributed by atoms with van der Waals surface area (Å²) in [6.07, 6.45) is 0. The fourth-order valence-corrected chi connectivity index (χ4v) is 4.35. The van der Waals surface area contributed by atoms with Crippen LogP contribution in [0.1, 0.15) is 22.5 Å². The molecule has 0 bridgehead atoms. The standard InChI is InChI=1S/C27H28N4O3S/c1-20-11-13-23(14-12-20)31-25(16-28-26(32)18-34-17-21-7-4-3-5-8-21)29-30-27(31)35-19-22-9-6-10-24(15-22)33-2/h3-15H,16-19H2,1-2H3,(H,28,32). The van der Waals surface area contributed by atoms with Gasteiger partial charge in [0.1, 0.15) is 12.4 Å². The van der Waals surface area contributed by atoms with Gasteiger partial charge in [-0.25, -0.2) is 0 Å². The summed E-state index contributed by atoms with van der Waals surface area (Å²) in [6, 6.07) is 25.9. The topological polar surface area (TPSA) is 78.3 Å². The Labute approximate surface area is 209 Å². The number of rotatable bonds is 11. The van der Waals surface area contributed by atoms with Gasteiger partial charge in [0.05, 0.1) is 20.3 Å². The maximum atomic E-state index is 12.4. The van der Waals surface area contributed by atoms with Gasteiger partial charge in [0.25, 0.3) is 0 Å². The van der Waals surface area contributed by atoms with Crippen LogP contribution in [0.15, 0.2) is 84.0 Å². The Balaban J connectivity index is 1.42. The Bertz CT molecular complexity index is 1240. The Morgan fingerprint density at radius 1 is 0.971 bits per heavy atom. The SMILES string of the molecule is COc1cccc(CSc2nnc(CNC(=O)COCc3ccccc3)n2-c2ccc(C)cc2)c1. The lowest BCUT2D eigenvalue weighted by Crippen LogP contribution is -2.28. The quantitative estimate of drug-likeness (QED) is 0.308. The van der Waals surface area contributed by atoms with Crippen molar-refractivity contribution < 1.29 is 14.3 Å². The van der Waals surface area contributed by atoms with Crippen LogP contribution < -0.4 is 10.1 Å². The number of aromatic nitrogens is 3. The summed E-state index contributed by atoms with van der Waals surface area (Å²) >= 11 is 1.58. The number of aryl methyl sites for hydroxylation is 1. The Hall–Kier alpha value is -3.62. The molecule has 0 spiro atoms. The Morgan fingerprint density at radius 3 is 2.51 bits per heavy atom. The molecule has 0 radical (unpaired) electrons. The second-order valence-electron chi connectivity index (χ2n) is 7.97. The zero-order valence-electron chi connectivity index (χ0n) is 19.8. The smallest absolute Gasteiger partial charge is 0.246 e. The number of nitrogens with zero attached hydrogens (tertiary/aromatic N) is 3. The molecule has 0 aliphatic rings. The molecule has 4 aromatic rings. The van der Waals surface area contributed by atoms with Crippen molar-refractivity contribution in [2.24, 2.45) is 0 Å². The number of amides is 1. The Morgan fingerprint density at radius 2 is 1.74 bits per heavy atom. The van der Waals surface area contributed by atoms with E-state index in [1.807, 2.05) is 84.3 Å². The number of hydrogen-bond donors (Lipinski definition) is 1. The number of carbonyl (C=O) groups is 1. The van der Waals surface area contributed by atoms with Crippen molar-refractivity contribution in [1.82, 2.24) is 20.1 Å². The molecule has 0 saturated heterocycles. The summed E-state index contributed by atoms with van der Waals surface area (Å²) in [5, 5.41) is 12.4. The normalized spacial score (nSPS) is 10.8. The third-order valence-corrected chi connectivity index (χ3v) is 6.28. The molecule has 1 N–H and O–H groups in total. The van der Waals surface area contributed by atoms with Crippen molar-refractivity contribution in [1.29, 1.82) is 0 Å². The molecule has 35 heavy (non-hydrogen) atoms. The first kappa shape index (κ1) is 24.5. The van der Waals surface area contributed by atoms with Crippen LogP contribution in [-0.2, 0) is 28.4 Å². The van der Waals surface area contributed by atoms with E-state index >= 15 is 0 Å². The zero-order chi connectivity index (χ0) is 24.5. The van der Waals surface area contributed by atoms with E-state index in [0.29, 0.717) is 18.2 Å². The summed E-state index contributed by atoms with van der Waals surface area (Å²) in [7, 11) is 1.66. The molecule has 0 saturated carbocycles. The minimum absolute atomic E-state index is 0.0228. The van der Waals surface area contributed by atoms with Crippen molar-refractivity contribution in [3.05, 3.63) is 101 Å². The average Bonchev–Trinajstić information content (AvgIpc) is 3.30. The van der Waals surface area contributed by atoms with Crippen LogP contribution in [-0.4, -0.2) is 34.4 Å². The van der Waals surface area contributed by atoms with Crippen molar-refractivity contribution in [2.45, 2.75) is 31.0 Å². The minimum atomic E-state index is -0.204. The fourth-order valence-electron chi connectivity index (χ4n) is 3.44. The van der Waals surface area contributed by atoms with E-state index in [4.69, 9.17) is 9.47 Å². The van der Waals surface area contributed by atoms with Gasteiger partial charge in [0, 0.05) is 11.4 Å². The number of carbonyl (C=O) groups excluding carboxylic acids is 1. The van der Waals surface area contributed by atoms with Crippen LogP contribution in [0.3, 0.4) is 0 Å². The molecule has 0 unspecified atom stereocenters. The molecule has 3 aromatic carbocycles. The van der Waals surface area contributed by atoms with Gasteiger partial charge < -0.3 is 14.8 Å². The Kier molecular flexibility index (Phi) is 8.53. The van der Waals surface area contributed by atoms with Gasteiger partial charge in [0.15, 0.2) is 11.0 Å². The van der Waals surface area contributed by atoms with Crippen molar-refractivity contribution in [3.63, 3.8) is 0 Å². The van der Waals surface area contributed by atoms with Crippen LogP contribution in [0.4, 0.5) is 0 Å². The summed E-state index contributed by atoms with van der Waals surface area (Å²) < 4.78 is 12.9. The lowest BCUT2D eigenvalue weighted by atomic mass is 10.2. The van der Waals surface area contributed by atoms with E-state index < -0.39 is 0 Å². The van der Waals surface area contributed by atoms with Crippen LogP contribution in [0.2, 0.25) is 0 Å². The summed E-state index contributed by atoms with van der Waals surface area (Å²) in [4.78, 5) is 12.4. The monoisotopic (exact) mass is 488 g/mol. The predicted octanol–water partition coefficient (Wildman–Crippen LogP) is 4.71. The minimum Gasteiger partial charge on any atom is -0.497 e. The number of benzene rings is 3. The van der Waals surface area contributed by atoms with Crippen molar-refractivity contribution >= 4 is 17.7 Å². The maximum Gasteiger partial charge on any atom is 0.246 e. The van der Waals surface area contributed by atoms with E-state index in [1.54, 1.807) is 18.9 Å². The lowest BCUT2D eigenvalue weighted by molar-refractivity contribution is -0.126. The van der Waals surface area contributed by atoms with Gasteiger partial charge in [-0.15, -0.1) is 10.2 Å². The highest BCUT2D eigenvalue weighted by molar-refractivity contribution is 7.98. The summed E-state index contributed by atoms with van der Waals surface area (Å²) in [5.74, 6) is 1.98. The number of ether oxygens (including phenoxy) is 2. The molecule has 4 rings (SSSR count). The molecule has 0 aliphatic heterocycles. The highest BCUT2D eigenvalue weighted by Crippen LogP contribution is 2.26. The molecule has 8 heteroatoms. The van der Waals surface area contributed by atoms with Gasteiger partial charge >= 0.3 is 0 Å². The second kappa shape index (κ2) is 12.2. The van der Waals surface area contributed by atoms with E-state index in [1.165, 1.54) is 0 Å². The van der Waals surface area contributed by atoms with Crippen molar-refractivity contribution in [3.8, 4) is 11.4 Å². The van der Waals surface area contributed by atoms with Crippen molar-refractivity contribution in [2.75, 3.05) is 13.7 Å². The molecule has 0 fully saturated rings. The molecular formula is C27H28N4O3S. The number of hydrogen-bond acceptors (Lipinski definition) is 6. The number of thioether (sulfide) groups is 1. The van der Waals surface area contributed by atoms with Crippen LogP contribution in [0.25, 0.3) is 5.69 Å². The largest absolute Gasteiger partial charge is 0.497 e. The summed E-state index contributed by atoms with van der Waals surface area (Å²) in [5.41, 5.74) is 4.26. The predicted molar refractivity (Wildman–Crippen MR) is 137 cm³/mol. The van der Waals surface area contributed by atoms with E-state index in [2.05, 4.69) is 21.6 Å². The second-order valence-corrected chi connectivity index (χ2v) is 8.91. The van der Waals surface area contributed by atoms with Crippen LogP contribution in [0, 0.1) is 6.92 Å². The first-order valence-corrected chi connectivity index (χ1v) is 12.3. The zero-order valence-corrected chi connectivity index (χ0v) is 20.6. The van der Waals surface area contributed by atoms with Crippen LogP contribution in [0.5, 0.6) is 5.75 Å². The summed E-state index contributed by atoms with van der Waals surface area (Å²) in [6.45, 7) is 2.66. The highest BCUT2D eigenvalue weighted by atomic mass is 32.2. The van der Waals surface area contributed by atoms with Gasteiger partial charge in [-0.3, -0.25) is 9.36 Å². The van der Waals surface area contributed by atoms with Gasteiger partial charge in [-0.1, -0.05) is 71.9 Å². The molecule has 0 atom stereocenters. The van der Waals surface area contributed by atoms with Crippen LogP contribution >= 0.6 is 11.8 Å². The van der Waals surface area contributed by atoms with Gasteiger partial charge in [-0.2, -0.15) is 0 Å². The van der Waals surface area contributed by atoms with Gasteiger partial charge in [0.2, 0.25) is 5.91 Å². The first-order valence-electron chi connectivity index (χ1n) is 11.3. The first-order chi connectivity index (χ1) is 17.1. The van der Waals surface area contributed by atoms with Gasteiger partial charge in [-0.05, 0) is 42.3 Å². The molecular weight excluding hydrogens is 460 g/mol. The number of nitrogens with one attached hydrogen (secondary N) is 1. The average molecular weight is 489 g/mol. The highest BCUT2D eigenvalue weighted by Gasteiger charge is 2.16. The maximum absolute atomic E-state index is 12.4. The van der Waals surface area contributed by atoms with E-state index in [-0.39, 0.29) is 19.1 Å². The van der Waals surface area contributed by atoms with E-state index in [0.717, 1.165) is 33.3 Å². The third-order valence-electron chi connectivity index (χ3n) is 5.28. The van der Waals surface area contributed by atoms with E-state index in [9.17, 15) is 4.79 Å². The number of methoxy groups -OCH3 is 1. The molecule has 1 heterocycles. The molecule has 1 aromatic heterocycles.